The third kappa shape index (κ3) is 5.03. The summed E-state index contributed by atoms with van der Waals surface area (Å²) in [5, 5.41) is 2.75. The Hall–Kier alpha value is -2.48. The van der Waals surface area contributed by atoms with E-state index in [9.17, 15) is 13.2 Å². The van der Waals surface area contributed by atoms with Crippen molar-refractivity contribution in [3.63, 3.8) is 0 Å². The molecule has 0 heterocycles. The molecule has 0 bridgehead atoms. The van der Waals surface area contributed by atoms with Crippen molar-refractivity contribution in [3.05, 3.63) is 94.5 Å². The highest BCUT2D eigenvalue weighted by atomic mass is 79.9. The molecule has 7 heteroatoms. The molecular weight excluding hydrogens is 428 g/mol. The number of hydrogen-bond donors (Lipinski definition) is 2. The molecular formula is C20H17BrN2O3S. The van der Waals surface area contributed by atoms with Crippen LogP contribution < -0.4 is 10.0 Å². The predicted octanol–water partition coefficient (Wildman–Crippen LogP) is 4.18. The van der Waals surface area contributed by atoms with E-state index >= 15 is 0 Å². The number of carbonyl (C=O) groups excluding carboxylic acids is 1. The number of benzene rings is 3. The van der Waals surface area contributed by atoms with Gasteiger partial charge in [0.1, 0.15) is 0 Å². The number of rotatable bonds is 6. The van der Waals surface area contributed by atoms with Gasteiger partial charge in [-0.25, -0.2) is 13.1 Å². The highest BCUT2D eigenvalue weighted by Crippen LogP contribution is 2.22. The highest BCUT2D eigenvalue weighted by molar-refractivity contribution is 9.10. The van der Waals surface area contributed by atoms with E-state index in [1.165, 1.54) is 12.1 Å². The molecule has 138 valence electrons. The smallest absolute Gasteiger partial charge is 0.256 e. The third-order valence-corrected chi connectivity index (χ3v) is 5.92. The summed E-state index contributed by atoms with van der Waals surface area (Å²) in [6, 6.07) is 22.6. The molecule has 3 aromatic carbocycles. The molecule has 0 radical (unpaired) electrons. The summed E-state index contributed by atoms with van der Waals surface area (Å²) in [5.41, 5.74) is 1.71. The number of anilines is 1. The van der Waals surface area contributed by atoms with Gasteiger partial charge in [0.2, 0.25) is 10.0 Å². The zero-order valence-corrected chi connectivity index (χ0v) is 16.6. The quantitative estimate of drug-likeness (QED) is 0.598. The van der Waals surface area contributed by atoms with Gasteiger partial charge in [0, 0.05) is 16.7 Å². The van der Waals surface area contributed by atoms with Crippen LogP contribution >= 0.6 is 15.9 Å². The van der Waals surface area contributed by atoms with Crippen LogP contribution in [0.15, 0.2) is 88.2 Å². The lowest BCUT2D eigenvalue weighted by Crippen LogP contribution is -2.24. The Morgan fingerprint density at radius 1 is 0.889 bits per heavy atom. The highest BCUT2D eigenvalue weighted by Gasteiger charge is 2.18. The van der Waals surface area contributed by atoms with Crippen molar-refractivity contribution in [2.45, 2.75) is 11.4 Å². The monoisotopic (exact) mass is 444 g/mol. The van der Waals surface area contributed by atoms with E-state index in [1.807, 2.05) is 36.4 Å². The number of amides is 1. The summed E-state index contributed by atoms with van der Waals surface area (Å²) in [4.78, 5) is 12.6. The average Bonchev–Trinajstić information content (AvgIpc) is 2.68. The molecule has 0 aliphatic heterocycles. The zero-order chi connectivity index (χ0) is 19.3. The van der Waals surface area contributed by atoms with Gasteiger partial charge in [-0.2, -0.15) is 0 Å². The Kier molecular flexibility index (Phi) is 6.05. The van der Waals surface area contributed by atoms with Crippen LogP contribution in [0.25, 0.3) is 0 Å². The van der Waals surface area contributed by atoms with Gasteiger partial charge in [0.25, 0.3) is 5.91 Å². The minimum absolute atomic E-state index is 0.0276. The number of para-hydroxylation sites is 1. The molecule has 0 fully saturated rings. The van der Waals surface area contributed by atoms with Crippen molar-refractivity contribution >= 4 is 37.5 Å². The normalized spacial score (nSPS) is 11.1. The first-order valence-corrected chi connectivity index (χ1v) is 10.4. The summed E-state index contributed by atoms with van der Waals surface area (Å²) in [5.74, 6) is -0.395. The van der Waals surface area contributed by atoms with Crippen LogP contribution in [0.5, 0.6) is 0 Å². The van der Waals surface area contributed by atoms with Gasteiger partial charge >= 0.3 is 0 Å². The molecule has 0 saturated carbocycles. The molecule has 5 nitrogen and oxygen atoms in total. The second kappa shape index (κ2) is 8.47. The van der Waals surface area contributed by atoms with Crippen molar-refractivity contribution in [2.75, 3.05) is 5.32 Å². The van der Waals surface area contributed by atoms with Crippen LogP contribution in [0.4, 0.5) is 5.69 Å². The first kappa shape index (κ1) is 19.3. The first-order valence-electron chi connectivity index (χ1n) is 8.15. The van der Waals surface area contributed by atoms with Crippen molar-refractivity contribution < 1.29 is 13.2 Å². The molecule has 0 aliphatic carbocycles. The Morgan fingerprint density at radius 2 is 1.52 bits per heavy atom. The maximum absolute atomic E-state index is 12.6. The molecule has 27 heavy (non-hydrogen) atoms. The van der Waals surface area contributed by atoms with Crippen LogP contribution in [-0.2, 0) is 16.6 Å². The zero-order valence-electron chi connectivity index (χ0n) is 14.2. The molecule has 2 N–H and O–H groups in total. The van der Waals surface area contributed by atoms with Crippen LogP contribution in [0.2, 0.25) is 0 Å². The Labute approximate surface area is 166 Å². The fourth-order valence-electron chi connectivity index (χ4n) is 2.42. The maximum Gasteiger partial charge on any atom is 0.256 e. The van der Waals surface area contributed by atoms with Crippen molar-refractivity contribution in [2.24, 2.45) is 0 Å². The van der Waals surface area contributed by atoms with E-state index in [2.05, 4.69) is 26.0 Å². The molecule has 3 rings (SSSR count). The SMILES string of the molecule is O=C(Nc1ccccc1)c1cc(S(=O)(=O)NCc2ccccc2)ccc1Br. The first-order chi connectivity index (χ1) is 13.0. The summed E-state index contributed by atoms with van der Waals surface area (Å²) in [7, 11) is -3.75. The molecule has 0 unspecified atom stereocenters. The van der Waals surface area contributed by atoms with Gasteiger partial charge in [-0.1, -0.05) is 48.5 Å². The van der Waals surface area contributed by atoms with Gasteiger partial charge in [0.15, 0.2) is 0 Å². The summed E-state index contributed by atoms with van der Waals surface area (Å²) in [6.45, 7) is 0.171. The number of hydrogen-bond acceptors (Lipinski definition) is 3. The van der Waals surface area contributed by atoms with Crippen molar-refractivity contribution in [3.8, 4) is 0 Å². The van der Waals surface area contributed by atoms with E-state index in [1.54, 1.807) is 30.3 Å². The van der Waals surface area contributed by atoms with Crippen molar-refractivity contribution in [1.29, 1.82) is 0 Å². The molecule has 3 aromatic rings. The second-order valence-electron chi connectivity index (χ2n) is 5.77. The topological polar surface area (TPSA) is 75.3 Å². The Bertz CT molecular complexity index is 1040. The third-order valence-electron chi connectivity index (χ3n) is 3.83. The Morgan fingerprint density at radius 3 is 2.19 bits per heavy atom. The minimum Gasteiger partial charge on any atom is -0.322 e. The number of nitrogens with one attached hydrogen (secondary N) is 2. The van der Waals surface area contributed by atoms with Gasteiger partial charge in [0.05, 0.1) is 10.5 Å². The molecule has 0 saturated heterocycles. The average molecular weight is 445 g/mol. The molecule has 0 aromatic heterocycles. The molecule has 0 spiro atoms. The van der Waals surface area contributed by atoms with Gasteiger partial charge in [-0.05, 0) is 51.8 Å². The Balaban J connectivity index is 1.80. The van der Waals surface area contributed by atoms with Crippen LogP contribution in [-0.4, -0.2) is 14.3 Å². The standard InChI is InChI=1S/C20H17BrN2O3S/c21-19-12-11-17(27(25,26)22-14-15-7-3-1-4-8-15)13-18(19)20(24)23-16-9-5-2-6-10-16/h1-13,22H,14H2,(H,23,24). The summed E-state index contributed by atoms with van der Waals surface area (Å²) in [6.07, 6.45) is 0. The van der Waals surface area contributed by atoms with Gasteiger partial charge < -0.3 is 5.32 Å². The van der Waals surface area contributed by atoms with Crippen LogP contribution in [0.3, 0.4) is 0 Å². The van der Waals surface area contributed by atoms with Crippen LogP contribution in [0, 0.1) is 0 Å². The molecule has 0 aliphatic rings. The van der Waals surface area contributed by atoms with Gasteiger partial charge in [-0.15, -0.1) is 0 Å². The van der Waals surface area contributed by atoms with Crippen molar-refractivity contribution in [1.82, 2.24) is 4.72 Å². The van der Waals surface area contributed by atoms with E-state index in [0.29, 0.717) is 10.2 Å². The number of halogens is 1. The largest absolute Gasteiger partial charge is 0.322 e. The van der Waals surface area contributed by atoms with E-state index in [0.717, 1.165) is 5.56 Å². The molecule has 0 atom stereocenters. The fraction of sp³-hybridized carbons (Fsp3) is 0.0500. The van der Waals surface area contributed by atoms with E-state index in [4.69, 9.17) is 0 Å². The lowest BCUT2D eigenvalue weighted by atomic mass is 10.2. The minimum atomic E-state index is -3.75. The second-order valence-corrected chi connectivity index (χ2v) is 8.39. The summed E-state index contributed by atoms with van der Waals surface area (Å²) < 4.78 is 28.2. The number of carbonyl (C=O) groups is 1. The summed E-state index contributed by atoms with van der Waals surface area (Å²) >= 11 is 3.31. The maximum atomic E-state index is 12.6. The van der Waals surface area contributed by atoms with E-state index in [-0.39, 0.29) is 17.0 Å². The van der Waals surface area contributed by atoms with E-state index < -0.39 is 15.9 Å². The fourth-order valence-corrected chi connectivity index (χ4v) is 3.89. The molecule has 1 amide bonds. The number of sulfonamides is 1. The van der Waals surface area contributed by atoms with Gasteiger partial charge in [-0.3, -0.25) is 4.79 Å². The van der Waals surface area contributed by atoms with Crippen LogP contribution in [0.1, 0.15) is 15.9 Å². The lowest BCUT2D eigenvalue weighted by molar-refractivity contribution is 0.102. The lowest BCUT2D eigenvalue weighted by Gasteiger charge is -2.11. The predicted molar refractivity (Wildman–Crippen MR) is 109 cm³/mol.